The number of aryl methyl sites for hydroxylation is 1. The van der Waals surface area contributed by atoms with Crippen LogP contribution < -0.4 is 5.73 Å². The van der Waals surface area contributed by atoms with E-state index in [0.29, 0.717) is 5.69 Å². The molecule has 0 aliphatic carbocycles. The van der Waals surface area contributed by atoms with Gasteiger partial charge in [-0.15, -0.1) is 0 Å². The highest BCUT2D eigenvalue weighted by molar-refractivity contribution is 7.84. The minimum Gasteiger partial charge on any atom is -0.399 e. The fourth-order valence-corrected chi connectivity index (χ4v) is 2.84. The number of aromatic nitrogens is 2. The van der Waals surface area contributed by atoms with Crippen LogP contribution in [0.3, 0.4) is 0 Å². The maximum Gasteiger partial charge on any atom is 0.111 e. The van der Waals surface area contributed by atoms with Gasteiger partial charge in [0.2, 0.25) is 0 Å². The van der Waals surface area contributed by atoms with Crippen molar-refractivity contribution in [3.63, 3.8) is 0 Å². The molecule has 0 fully saturated rings. The molecule has 0 saturated carbocycles. The van der Waals surface area contributed by atoms with E-state index >= 15 is 0 Å². The highest BCUT2D eigenvalue weighted by Crippen LogP contribution is 2.23. The van der Waals surface area contributed by atoms with Gasteiger partial charge in [-0.25, -0.2) is 4.98 Å². The molecule has 4 nitrogen and oxygen atoms in total. The third-order valence-electron chi connectivity index (χ3n) is 3.27. The lowest BCUT2D eigenvalue weighted by Crippen LogP contribution is -1.98. The van der Waals surface area contributed by atoms with Gasteiger partial charge in [0.25, 0.3) is 0 Å². The van der Waals surface area contributed by atoms with Crippen LogP contribution in [0.5, 0.6) is 0 Å². The van der Waals surface area contributed by atoms with Crippen molar-refractivity contribution >= 4 is 27.5 Å². The standard InChI is InChI=1S/C15H15N3OS/c1-10-17-14-8-3-11(16)9-15(14)18(10)12-4-6-13(7-5-12)20(2)19/h3-9H,16H2,1-2H3. The predicted molar refractivity (Wildman–Crippen MR) is 82.6 cm³/mol. The van der Waals surface area contributed by atoms with Crippen LogP contribution in [0.1, 0.15) is 5.82 Å². The zero-order chi connectivity index (χ0) is 14.3. The number of hydrogen-bond acceptors (Lipinski definition) is 3. The summed E-state index contributed by atoms with van der Waals surface area (Å²) in [5, 5.41) is 0. The lowest BCUT2D eigenvalue weighted by Gasteiger charge is -2.08. The van der Waals surface area contributed by atoms with Gasteiger partial charge < -0.3 is 5.73 Å². The van der Waals surface area contributed by atoms with E-state index in [4.69, 9.17) is 5.73 Å². The number of fused-ring (bicyclic) bond motifs is 1. The molecule has 0 amide bonds. The summed E-state index contributed by atoms with van der Waals surface area (Å²) in [6.45, 7) is 1.96. The summed E-state index contributed by atoms with van der Waals surface area (Å²) in [5.41, 5.74) is 9.46. The van der Waals surface area contributed by atoms with E-state index in [1.807, 2.05) is 54.0 Å². The molecule has 0 aliphatic heterocycles. The minimum absolute atomic E-state index is 0.713. The number of nitrogen functional groups attached to an aromatic ring is 1. The van der Waals surface area contributed by atoms with Crippen LogP contribution in [0.4, 0.5) is 5.69 Å². The van der Waals surface area contributed by atoms with E-state index in [0.717, 1.165) is 27.4 Å². The third-order valence-corrected chi connectivity index (χ3v) is 4.21. The molecular weight excluding hydrogens is 270 g/mol. The molecule has 102 valence electrons. The second-order valence-corrected chi connectivity index (χ2v) is 6.07. The lowest BCUT2D eigenvalue weighted by atomic mass is 10.2. The molecule has 3 aromatic rings. The van der Waals surface area contributed by atoms with Crippen LogP contribution in [0.25, 0.3) is 16.7 Å². The van der Waals surface area contributed by atoms with Crippen LogP contribution in [-0.4, -0.2) is 20.0 Å². The van der Waals surface area contributed by atoms with Crippen molar-refractivity contribution in [3.05, 3.63) is 48.3 Å². The fourth-order valence-electron chi connectivity index (χ4n) is 2.33. The molecule has 2 N–H and O–H groups in total. The Labute approximate surface area is 119 Å². The maximum absolute atomic E-state index is 11.4. The van der Waals surface area contributed by atoms with Crippen LogP contribution >= 0.6 is 0 Å². The van der Waals surface area contributed by atoms with Gasteiger partial charge in [0.1, 0.15) is 5.82 Å². The normalized spacial score (nSPS) is 12.7. The Bertz CT molecular complexity index is 806. The Morgan fingerprint density at radius 1 is 1.15 bits per heavy atom. The highest BCUT2D eigenvalue weighted by atomic mass is 32.2. The van der Waals surface area contributed by atoms with Gasteiger partial charge >= 0.3 is 0 Å². The molecule has 0 saturated heterocycles. The summed E-state index contributed by atoms with van der Waals surface area (Å²) in [4.78, 5) is 5.35. The van der Waals surface area contributed by atoms with E-state index in [2.05, 4.69) is 4.98 Å². The van der Waals surface area contributed by atoms with Gasteiger partial charge in [0, 0.05) is 33.3 Å². The molecule has 1 atom stereocenters. The van der Waals surface area contributed by atoms with E-state index < -0.39 is 10.8 Å². The van der Waals surface area contributed by atoms with E-state index in [9.17, 15) is 4.21 Å². The Morgan fingerprint density at radius 3 is 2.50 bits per heavy atom. The lowest BCUT2D eigenvalue weighted by molar-refractivity contribution is 0.687. The Kier molecular flexibility index (Phi) is 3.06. The average Bonchev–Trinajstić information content (AvgIpc) is 2.74. The molecular formula is C15H15N3OS. The smallest absolute Gasteiger partial charge is 0.111 e. The Hall–Kier alpha value is -2.14. The first-order valence-electron chi connectivity index (χ1n) is 6.25. The van der Waals surface area contributed by atoms with Gasteiger partial charge in [0.15, 0.2) is 0 Å². The van der Waals surface area contributed by atoms with Crippen molar-refractivity contribution in [2.24, 2.45) is 0 Å². The van der Waals surface area contributed by atoms with Gasteiger partial charge in [-0.3, -0.25) is 8.78 Å². The van der Waals surface area contributed by atoms with Crippen molar-refractivity contribution in [2.45, 2.75) is 11.8 Å². The van der Waals surface area contributed by atoms with E-state index in [-0.39, 0.29) is 0 Å². The van der Waals surface area contributed by atoms with Gasteiger partial charge in [-0.2, -0.15) is 0 Å². The topological polar surface area (TPSA) is 60.9 Å². The molecule has 0 spiro atoms. The van der Waals surface area contributed by atoms with Crippen molar-refractivity contribution in [3.8, 4) is 5.69 Å². The average molecular weight is 285 g/mol. The summed E-state index contributed by atoms with van der Waals surface area (Å²) in [6, 6.07) is 13.3. The summed E-state index contributed by atoms with van der Waals surface area (Å²) in [7, 11) is -0.965. The highest BCUT2D eigenvalue weighted by Gasteiger charge is 2.09. The third kappa shape index (κ3) is 2.10. The van der Waals surface area contributed by atoms with E-state index in [1.54, 1.807) is 6.26 Å². The number of nitrogens with two attached hydrogens (primary N) is 1. The van der Waals surface area contributed by atoms with E-state index in [1.165, 1.54) is 0 Å². The zero-order valence-electron chi connectivity index (χ0n) is 11.3. The fraction of sp³-hybridized carbons (Fsp3) is 0.133. The molecule has 2 aromatic carbocycles. The molecule has 0 bridgehead atoms. The second-order valence-electron chi connectivity index (χ2n) is 4.69. The molecule has 20 heavy (non-hydrogen) atoms. The van der Waals surface area contributed by atoms with Crippen molar-refractivity contribution in [1.82, 2.24) is 9.55 Å². The SMILES string of the molecule is Cc1nc2ccc(N)cc2n1-c1ccc(S(C)=O)cc1. The quantitative estimate of drug-likeness (QED) is 0.736. The largest absolute Gasteiger partial charge is 0.399 e. The van der Waals surface area contributed by atoms with Crippen molar-refractivity contribution in [2.75, 3.05) is 12.0 Å². The Morgan fingerprint density at radius 2 is 1.85 bits per heavy atom. The number of nitrogens with zero attached hydrogens (tertiary/aromatic N) is 2. The molecule has 0 radical (unpaired) electrons. The zero-order valence-corrected chi connectivity index (χ0v) is 12.1. The van der Waals surface area contributed by atoms with Crippen molar-refractivity contribution < 1.29 is 4.21 Å². The molecule has 3 rings (SSSR count). The van der Waals surface area contributed by atoms with Crippen LogP contribution in [0.2, 0.25) is 0 Å². The van der Waals surface area contributed by atoms with Crippen LogP contribution in [0.15, 0.2) is 47.4 Å². The number of rotatable bonds is 2. The molecule has 0 aliphatic rings. The summed E-state index contributed by atoms with van der Waals surface area (Å²) < 4.78 is 13.5. The molecule has 1 unspecified atom stereocenters. The minimum atomic E-state index is -0.965. The monoisotopic (exact) mass is 285 g/mol. The van der Waals surface area contributed by atoms with Crippen molar-refractivity contribution in [1.29, 1.82) is 0 Å². The number of anilines is 1. The Balaban J connectivity index is 2.20. The number of benzene rings is 2. The maximum atomic E-state index is 11.4. The van der Waals surface area contributed by atoms with Crippen LogP contribution in [-0.2, 0) is 10.8 Å². The van der Waals surface area contributed by atoms with Gasteiger partial charge in [-0.1, -0.05) is 0 Å². The van der Waals surface area contributed by atoms with Gasteiger partial charge in [-0.05, 0) is 49.4 Å². The summed E-state index contributed by atoms with van der Waals surface area (Å²) >= 11 is 0. The second kappa shape index (κ2) is 4.76. The first-order valence-corrected chi connectivity index (χ1v) is 7.80. The molecule has 1 aromatic heterocycles. The summed E-state index contributed by atoms with van der Waals surface area (Å²) in [5.74, 6) is 0.899. The first-order chi connectivity index (χ1) is 9.56. The predicted octanol–water partition coefficient (Wildman–Crippen LogP) is 2.65. The summed E-state index contributed by atoms with van der Waals surface area (Å²) in [6.07, 6.45) is 1.67. The first kappa shape index (κ1) is 12.9. The number of hydrogen-bond donors (Lipinski definition) is 1. The number of imidazole rings is 1. The molecule has 5 heteroatoms. The molecule has 1 heterocycles. The van der Waals surface area contributed by atoms with Crippen LogP contribution in [0, 0.1) is 6.92 Å². The van der Waals surface area contributed by atoms with Gasteiger partial charge in [0.05, 0.1) is 11.0 Å².